The normalized spacial score (nSPS) is 16.2. The Kier molecular flexibility index (Phi) is 10.4. The number of aliphatic imine (C=N–C) groups is 1. The maximum atomic E-state index is 14.5. The van der Waals surface area contributed by atoms with Gasteiger partial charge in [-0.3, -0.25) is 4.99 Å². The highest BCUT2D eigenvalue weighted by molar-refractivity contribution is 5.80. The van der Waals surface area contributed by atoms with Crippen molar-refractivity contribution in [2.45, 2.75) is 59.2 Å². The molecule has 1 fully saturated rings. The minimum atomic E-state index is -0.172. The summed E-state index contributed by atoms with van der Waals surface area (Å²) in [5.41, 5.74) is 1.57. The molecule has 0 radical (unpaired) electrons. The van der Waals surface area contributed by atoms with Crippen LogP contribution < -0.4 is 15.5 Å². The molecule has 2 N–H and O–H groups in total. The second-order valence-electron chi connectivity index (χ2n) is 8.06. The third kappa shape index (κ3) is 7.76. The van der Waals surface area contributed by atoms with Crippen molar-refractivity contribution in [1.29, 1.82) is 0 Å². The first kappa shape index (κ1) is 24.4. The van der Waals surface area contributed by atoms with E-state index in [0.717, 1.165) is 63.7 Å². The quantitative estimate of drug-likeness (QED) is 0.449. The Labute approximate surface area is 181 Å². The van der Waals surface area contributed by atoms with Gasteiger partial charge in [0, 0.05) is 52.4 Å². The standard InChI is InChI=1S/C23H40FN5O/c1-6-29(7-2)22-9-8-19(16-21(22)24)17-26-23(25-5)27-20-10-12-28(13-11-20)14-15-30-18(3)4/h8-9,16,18,20H,6-7,10-15,17H2,1-5H3,(H2,25,26,27). The highest BCUT2D eigenvalue weighted by atomic mass is 19.1. The Morgan fingerprint density at radius 2 is 1.97 bits per heavy atom. The van der Waals surface area contributed by atoms with Crippen LogP contribution in [0.4, 0.5) is 10.1 Å². The van der Waals surface area contributed by atoms with Crippen molar-refractivity contribution in [3.8, 4) is 0 Å². The Balaban J connectivity index is 1.77. The number of likely N-dealkylation sites (tertiary alicyclic amines) is 1. The van der Waals surface area contributed by atoms with Gasteiger partial charge in [0.1, 0.15) is 5.82 Å². The van der Waals surface area contributed by atoms with Crippen LogP contribution >= 0.6 is 0 Å². The summed E-state index contributed by atoms with van der Waals surface area (Å²) >= 11 is 0. The first-order chi connectivity index (χ1) is 14.5. The number of anilines is 1. The molecule has 0 bridgehead atoms. The number of nitrogens with zero attached hydrogens (tertiary/aromatic N) is 3. The van der Waals surface area contributed by atoms with Gasteiger partial charge in [0.25, 0.3) is 0 Å². The first-order valence-corrected chi connectivity index (χ1v) is 11.3. The van der Waals surface area contributed by atoms with Gasteiger partial charge in [-0.25, -0.2) is 4.39 Å². The smallest absolute Gasteiger partial charge is 0.191 e. The predicted octanol–water partition coefficient (Wildman–Crippen LogP) is 3.23. The summed E-state index contributed by atoms with van der Waals surface area (Å²) in [5.74, 6) is 0.597. The molecule has 1 saturated heterocycles. The molecule has 1 aliphatic rings. The zero-order chi connectivity index (χ0) is 21.9. The molecule has 7 heteroatoms. The summed E-state index contributed by atoms with van der Waals surface area (Å²) in [7, 11) is 1.78. The topological polar surface area (TPSA) is 52.1 Å². The molecule has 0 spiro atoms. The molecule has 0 unspecified atom stereocenters. The van der Waals surface area contributed by atoms with Gasteiger partial charge < -0.3 is 25.2 Å². The summed E-state index contributed by atoms with van der Waals surface area (Å²) in [6, 6.07) is 5.87. The van der Waals surface area contributed by atoms with Crippen LogP contribution in [0, 0.1) is 5.82 Å². The van der Waals surface area contributed by atoms with Crippen molar-refractivity contribution in [3.63, 3.8) is 0 Å². The molecule has 1 aromatic carbocycles. The fraction of sp³-hybridized carbons (Fsp3) is 0.696. The summed E-state index contributed by atoms with van der Waals surface area (Å²) in [6.45, 7) is 14.3. The molecule has 0 aliphatic carbocycles. The van der Waals surface area contributed by atoms with Crippen molar-refractivity contribution in [2.75, 3.05) is 51.3 Å². The number of nitrogens with one attached hydrogen (secondary N) is 2. The summed E-state index contributed by atoms with van der Waals surface area (Å²) in [6.07, 6.45) is 2.45. The van der Waals surface area contributed by atoms with Gasteiger partial charge in [-0.05, 0) is 58.2 Å². The number of hydrogen-bond acceptors (Lipinski definition) is 4. The zero-order valence-electron chi connectivity index (χ0n) is 19.4. The molecule has 0 saturated carbocycles. The molecule has 0 aromatic heterocycles. The number of hydrogen-bond donors (Lipinski definition) is 2. The summed E-state index contributed by atoms with van der Waals surface area (Å²) in [5, 5.41) is 6.83. The van der Waals surface area contributed by atoms with Gasteiger partial charge in [0.2, 0.25) is 0 Å². The van der Waals surface area contributed by atoms with Crippen LogP contribution in [-0.4, -0.2) is 69.4 Å². The lowest BCUT2D eigenvalue weighted by Gasteiger charge is -2.33. The average molecular weight is 422 g/mol. The van der Waals surface area contributed by atoms with Crippen molar-refractivity contribution in [3.05, 3.63) is 29.6 Å². The molecular weight excluding hydrogens is 381 g/mol. The van der Waals surface area contributed by atoms with Gasteiger partial charge in [-0.15, -0.1) is 0 Å². The fourth-order valence-electron chi connectivity index (χ4n) is 3.77. The molecule has 0 atom stereocenters. The Morgan fingerprint density at radius 1 is 1.27 bits per heavy atom. The molecular formula is C23H40FN5O. The van der Waals surface area contributed by atoms with E-state index in [1.165, 1.54) is 0 Å². The number of benzene rings is 1. The lowest BCUT2D eigenvalue weighted by molar-refractivity contribution is 0.0532. The second kappa shape index (κ2) is 12.7. The molecule has 0 amide bonds. The fourth-order valence-corrected chi connectivity index (χ4v) is 3.77. The number of rotatable bonds is 10. The van der Waals surface area contributed by atoms with Crippen LogP contribution in [0.2, 0.25) is 0 Å². The molecule has 1 aliphatic heterocycles. The summed E-state index contributed by atoms with van der Waals surface area (Å²) in [4.78, 5) is 8.82. The van der Waals surface area contributed by atoms with E-state index in [1.807, 2.05) is 30.9 Å². The van der Waals surface area contributed by atoms with Gasteiger partial charge in [0.05, 0.1) is 18.4 Å². The van der Waals surface area contributed by atoms with E-state index >= 15 is 0 Å². The van der Waals surface area contributed by atoms with Crippen LogP contribution in [0.15, 0.2) is 23.2 Å². The molecule has 1 heterocycles. The summed E-state index contributed by atoms with van der Waals surface area (Å²) < 4.78 is 20.1. The molecule has 1 aromatic rings. The molecule has 170 valence electrons. The van der Waals surface area contributed by atoms with Gasteiger partial charge >= 0.3 is 0 Å². The lowest BCUT2D eigenvalue weighted by Crippen LogP contribution is -2.49. The van der Waals surface area contributed by atoms with Crippen LogP contribution in [0.3, 0.4) is 0 Å². The second-order valence-corrected chi connectivity index (χ2v) is 8.06. The number of halogens is 1. The van der Waals surface area contributed by atoms with E-state index in [4.69, 9.17) is 4.74 Å². The van der Waals surface area contributed by atoms with Crippen LogP contribution in [-0.2, 0) is 11.3 Å². The van der Waals surface area contributed by atoms with E-state index in [1.54, 1.807) is 13.1 Å². The Morgan fingerprint density at radius 3 is 2.53 bits per heavy atom. The minimum Gasteiger partial charge on any atom is -0.377 e. The van der Waals surface area contributed by atoms with Crippen LogP contribution in [0.5, 0.6) is 0 Å². The first-order valence-electron chi connectivity index (χ1n) is 11.3. The van der Waals surface area contributed by atoms with Crippen LogP contribution in [0.25, 0.3) is 0 Å². The molecule has 30 heavy (non-hydrogen) atoms. The van der Waals surface area contributed by atoms with Gasteiger partial charge in [0.15, 0.2) is 5.96 Å². The lowest BCUT2D eigenvalue weighted by atomic mass is 10.1. The Bertz CT molecular complexity index is 655. The maximum Gasteiger partial charge on any atom is 0.191 e. The number of guanidine groups is 1. The van der Waals surface area contributed by atoms with E-state index in [0.29, 0.717) is 24.4 Å². The van der Waals surface area contributed by atoms with Crippen molar-refractivity contribution < 1.29 is 9.13 Å². The zero-order valence-corrected chi connectivity index (χ0v) is 19.4. The number of ether oxygens (including phenoxy) is 1. The van der Waals surface area contributed by atoms with E-state index in [9.17, 15) is 4.39 Å². The monoisotopic (exact) mass is 421 g/mol. The third-order valence-corrected chi connectivity index (χ3v) is 5.59. The largest absolute Gasteiger partial charge is 0.377 e. The van der Waals surface area contributed by atoms with Crippen molar-refractivity contribution >= 4 is 11.6 Å². The van der Waals surface area contributed by atoms with Crippen molar-refractivity contribution in [2.24, 2.45) is 4.99 Å². The maximum absolute atomic E-state index is 14.5. The molecule has 2 rings (SSSR count). The van der Waals surface area contributed by atoms with Crippen LogP contribution in [0.1, 0.15) is 46.1 Å². The minimum absolute atomic E-state index is 0.172. The highest BCUT2D eigenvalue weighted by Crippen LogP contribution is 2.20. The van der Waals surface area contributed by atoms with Crippen molar-refractivity contribution in [1.82, 2.24) is 15.5 Å². The van der Waals surface area contributed by atoms with E-state index in [-0.39, 0.29) is 5.82 Å². The highest BCUT2D eigenvalue weighted by Gasteiger charge is 2.20. The SMILES string of the molecule is CCN(CC)c1ccc(CNC(=NC)NC2CCN(CCOC(C)C)CC2)cc1F. The molecule has 6 nitrogen and oxygen atoms in total. The van der Waals surface area contributed by atoms with Gasteiger partial charge in [-0.1, -0.05) is 6.07 Å². The van der Waals surface area contributed by atoms with Gasteiger partial charge in [-0.2, -0.15) is 0 Å². The van der Waals surface area contributed by atoms with E-state index in [2.05, 4.69) is 34.4 Å². The average Bonchev–Trinajstić information content (AvgIpc) is 2.74. The van der Waals surface area contributed by atoms with E-state index < -0.39 is 0 Å². The number of piperidine rings is 1. The Hall–Kier alpha value is -1.86. The third-order valence-electron chi connectivity index (χ3n) is 5.59. The predicted molar refractivity (Wildman–Crippen MR) is 124 cm³/mol.